The van der Waals surface area contributed by atoms with Crippen molar-refractivity contribution >= 4 is 11.5 Å². The molecule has 0 saturated heterocycles. The molecule has 0 unspecified atom stereocenters. The number of azo groups is 1. The van der Waals surface area contributed by atoms with E-state index in [9.17, 15) is 13.6 Å². The molecule has 0 saturated carbocycles. The molecule has 0 fully saturated rings. The average Bonchev–Trinajstić information content (AvgIpc) is 2.93. The Morgan fingerprint density at radius 2 is 1.45 bits per heavy atom. The smallest absolute Gasteiger partial charge is 0.160 e. The Labute approximate surface area is 240 Å². The Hall–Kier alpha value is -3.35. The van der Waals surface area contributed by atoms with Crippen molar-refractivity contribution in [1.29, 1.82) is 0 Å². The zero-order valence-electron chi connectivity index (χ0n) is 26.1. The van der Waals surface area contributed by atoms with Crippen LogP contribution in [0.1, 0.15) is 101 Å². The minimum atomic E-state index is -0.775. The second-order valence-corrected chi connectivity index (χ2v) is 9.35. The molecule has 0 amide bonds. The summed E-state index contributed by atoms with van der Waals surface area (Å²) in [4.78, 5) is 19.3. The Morgan fingerprint density at radius 1 is 0.925 bits per heavy atom. The first kappa shape index (κ1) is 36.6. The van der Waals surface area contributed by atoms with E-state index in [0.29, 0.717) is 11.3 Å². The summed E-state index contributed by atoms with van der Waals surface area (Å²) in [7, 11) is 1.52. The van der Waals surface area contributed by atoms with Gasteiger partial charge in [0.05, 0.1) is 11.3 Å². The van der Waals surface area contributed by atoms with Crippen LogP contribution < -0.4 is 0 Å². The molecule has 0 N–H and O–H groups in total. The fraction of sp³-hybridized carbons (Fsp3) is 0.485. The number of Topliss-reactive ketones (excluding diaryl/α,β-unsaturated/α-hetero) is 1. The van der Waals surface area contributed by atoms with Crippen molar-refractivity contribution in [2.45, 2.75) is 94.4 Å². The molecule has 0 spiro atoms. The van der Waals surface area contributed by atoms with Crippen molar-refractivity contribution < 1.29 is 13.6 Å². The molecule has 0 radical (unpaired) electrons. The van der Waals surface area contributed by atoms with E-state index >= 15 is 0 Å². The lowest BCUT2D eigenvalue weighted by Gasteiger charge is -2.09. The third kappa shape index (κ3) is 13.1. The van der Waals surface area contributed by atoms with Gasteiger partial charge in [0.1, 0.15) is 17.5 Å². The minimum Gasteiger partial charge on any atom is -0.295 e. The number of rotatable bonds is 8. The highest BCUT2D eigenvalue weighted by Gasteiger charge is 2.16. The number of carbonyl (C=O) groups is 1. The van der Waals surface area contributed by atoms with Crippen molar-refractivity contribution in [1.82, 2.24) is 9.97 Å². The SMILES string of the molecule is CC.CCCC(C)CCC.CCc1cnc(C)nc1.CN=Nc1cc(-c2c(F)cc(C(C)=O)cc2F)ccc1C. The minimum absolute atomic E-state index is 0.00864. The predicted molar refractivity (Wildman–Crippen MR) is 163 cm³/mol. The number of aryl methyl sites for hydroxylation is 3. The van der Waals surface area contributed by atoms with E-state index in [-0.39, 0.29) is 16.9 Å². The molecule has 1 aromatic heterocycles. The first-order valence-electron chi connectivity index (χ1n) is 14.3. The average molecular weight is 555 g/mol. The van der Waals surface area contributed by atoms with Gasteiger partial charge in [-0.05, 0) is 68.0 Å². The van der Waals surface area contributed by atoms with Gasteiger partial charge in [-0.15, -0.1) is 0 Å². The normalized spacial score (nSPS) is 10.2. The van der Waals surface area contributed by atoms with Gasteiger partial charge in [-0.1, -0.05) is 79.4 Å². The highest BCUT2D eigenvalue weighted by molar-refractivity contribution is 5.94. The van der Waals surface area contributed by atoms with E-state index in [4.69, 9.17) is 0 Å². The molecule has 5 nitrogen and oxygen atoms in total. The maximum atomic E-state index is 14.1. The van der Waals surface area contributed by atoms with E-state index in [1.54, 1.807) is 18.2 Å². The van der Waals surface area contributed by atoms with Crippen LogP contribution in [-0.4, -0.2) is 22.8 Å². The van der Waals surface area contributed by atoms with Crippen LogP contribution >= 0.6 is 0 Å². The molecule has 40 heavy (non-hydrogen) atoms. The Kier molecular flexibility index (Phi) is 18.8. The first-order valence-corrected chi connectivity index (χ1v) is 14.3. The Balaban J connectivity index is 0.000000660. The van der Waals surface area contributed by atoms with Gasteiger partial charge in [-0.25, -0.2) is 18.7 Å². The summed E-state index contributed by atoms with van der Waals surface area (Å²) < 4.78 is 28.3. The van der Waals surface area contributed by atoms with Gasteiger partial charge >= 0.3 is 0 Å². The van der Waals surface area contributed by atoms with Gasteiger partial charge in [-0.2, -0.15) is 10.2 Å². The predicted octanol–water partition coefficient (Wildman–Crippen LogP) is 10.5. The van der Waals surface area contributed by atoms with E-state index < -0.39 is 11.6 Å². The molecule has 1 heterocycles. The maximum Gasteiger partial charge on any atom is 0.160 e. The number of hydrogen-bond donors (Lipinski definition) is 0. The summed E-state index contributed by atoms with van der Waals surface area (Å²) in [5.41, 5.74) is 2.78. The monoisotopic (exact) mass is 554 g/mol. The summed E-state index contributed by atoms with van der Waals surface area (Å²) in [5.74, 6) is -0.132. The summed E-state index contributed by atoms with van der Waals surface area (Å²) in [5, 5.41) is 7.60. The van der Waals surface area contributed by atoms with Crippen LogP contribution in [0.3, 0.4) is 0 Å². The van der Waals surface area contributed by atoms with E-state index in [1.807, 2.05) is 40.1 Å². The van der Waals surface area contributed by atoms with Crippen molar-refractivity contribution in [3.8, 4) is 11.1 Å². The topological polar surface area (TPSA) is 67.6 Å². The highest BCUT2D eigenvalue weighted by Crippen LogP contribution is 2.31. The first-order chi connectivity index (χ1) is 19.1. The van der Waals surface area contributed by atoms with Crippen molar-refractivity contribution in [2.75, 3.05) is 7.05 Å². The van der Waals surface area contributed by atoms with Gasteiger partial charge in [0.15, 0.2) is 5.78 Å². The molecule has 0 aliphatic rings. The molecule has 3 rings (SSSR count). The van der Waals surface area contributed by atoms with E-state index in [0.717, 1.165) is 35.9 Å². The second-order valence-electron chi connectivity index (χ2n) is 9.35. The number of hydrogen-bond acceptors (Lipinski definition) is 5. The third-order valence-electron chi connectivity index (χ3n) is 5.96. The number of halogens is 2. The molecule has 220 valence electrons. The summed E-state index contributed by atoms with van der Waals surface area (Å²) in [6.45, 7) is 17.9. The fourth-order valence-corrected chi connectivity index (χ4v) is 3.76. The summed E-state index contributed by atoms with van der Waals surface area (Å²) >= 11 is 0. The largest absolute Gasteiger partial charge is 0.295 e. The highest BCUT2D eigenvalue weighted by atomic mass is 19.1. The molecular formula is C33H48F2N4O. The van der Waals surface area contributed by atoms with Gasteiger partial charge < -0.3 is 0 Å². The second kappa shape index (κ2) is 20.5. The number of carbonyl (C=O) groups excluding carboxylic acids is 1. The molecule has 0 aliphatic carbocycles. The van der Waals surface area contributed by atoms with Crippen molar-refractivity contribution in [2.24, 2.45) is 16.1 Å². The van der Waals surface area contributed by atoms with E-state index in [2.05, 4.69) is 47.9 Å². The summed E-state index contributed by atoms with van der Waals surface area (Å²) in [6.07, 6.45) is 10.3. The zero-order valence-corrected chi connectivity index (χ0v) is 26.1. The molecule has 7 heteroatoms. The maximum absolute atomic E-state index is 14.1. The Bertz CT molecular complexity index is 1150. The molecule has 0 aliphatic heterocycles. The lowest BCUT2D eigenvalue weighted by atomic mass is 9.99. The third-order valence-corrected chi connectivity index (χ3v) is 5.96. The van der Waals surface area contributed by atoms with Gasteiger partial charge in [-0.3, -0.25) is 4.79 Å². The lowest BCUT2D eigenvalue weighted by molar-refractivity contribution is 0.101. The molecule has 3 aromatic rings. The number of nitrogens with zero attached hydrogens (tertiary/aromatic N) is 4. The van der Waals surface area contributed by atoms with Crippen LogP contribution in [0.15, 0.2) is 53.0 Å². The van der Waals surface area contributed by atoms with Crippen LogP contribution in [-0.2, 0) is 6.42 Å². The zero-order chi connectivity index (χ0) is 30.7. The van der Waals surface area contributed by atoms with Crippen LogP contribution in [0.4, 0.5) is 14.5 Å². The lowest BCUT2D eigenvalue weighted by Crippen LogP contribution is -1.98. The van der Waals surface area contributed by atoms with Crippen molar-refractivity contribution in [3.63, 3.8) is 0 Å². The standard InChI is InChI=1S/C16H14F2N2O.C8H18.C7H10N2.C2H6/c1-9-4-5-11(8-15(9)20-19-3)16-13(17)6-12(10(2)21)7-14(16)18;1-4-6-8(3)7-5-2;1-3-7-4-8-6(2)9-5-7;1-2/h4-8H,1-3H3;8H,4-7H2,1-3H3;4-5H,3H2,1-2H3;1-2H3. The molecular weight excluding hydrogens is 506 g/mol. The number of ketones is 1. The van der Waals surface area contributed by atoms with E-state index in [1.165, 1.54) is 45.2 Å². The van der Waals surface area contributed by atoms with Crippen LogP contribution in [0, 0.1) is 31.4 Å². The number of aromatic nitrogens is 2. The van der Waals surface area contributed by atoms with Gasteiger partial charge in [0.25, 0.3) is 0 Å². The molecule has 0 bridgehead atoms. The molecule has 2 aromatic carbocycles. The Morgan fingerprint density at radius 3 is 1.88 bits per heavy atom. The van der Waals surface area contributed by atoms with Gasteiger partial charge in [0, 0.05) is 25.0 Å². The summed E-state index contributed by atoms with van der Waals surface area (Å²) in [6, 6.07) is 6.98. The van der Waals surface area contributed by atoms with Crippen LogP contribution in [0.5, 0.6) is 0 Å². The molecule has 0 atom stereocenters. The van der Waals surface area contributed by atoms with Crippen LogP contribution in [0.2, 0.25) is 0 Å². The fourth-order valence-electron chi connectivity index (χ4n) is 3.76. The van der Waals surface area contributed by atoms with Crippen LogP contribution in [0.25, 0.3) is 11.1 Å². The quantitative estimate of drug-likeness (QED) is 0.205. The number of benzene rings is 2. The van der Waals surface area contributed by atoms with Crippen molar-refractivity contribution in [3.05, 3.63) is 76.9 Å². The van der Waals surface area contributed by atoms with Gasteiger partial charge in [0.2, 0.25) is 0 Å².